The van der Waals surface area contributed by atoms with E-state index in [0.29, 0.717) is 26.4 Å². The fourth-order valence-corrected chi connectivity index (χ4v) is 4.48. The maximum absolute atomic E-state index is 14.3. The number of thiophene rings is 1. The fourth-order valence-electron chi connectivity index (χ4n) is 2.56. The molecule has 140 valence electrons. The van der Waals surface area contributed by atoms with E-state index in [2.05, 4.69) is 22.6 Å². The second-order valence-corrected chi connectivity index (χ2v) is 9.42. The lowest BCUT2D eigenvalue weighted by molar-refractivity contribution is 0.0525. The molecule has 0 bridgehead atoms. The van der Waals surface area contributed by atoms with Gasteiger partial charge in [-0.25, -0.2) is 9.18 Å². The number of ether oxygens (including phenoxy) is 1. The molecule has 1 heterocycles. The zero-order valence-corrected chi connectivity index (χ0v) is 18.5. The average molecular weight is 488 g/mol. The van der Waals surface area contributed by atoms with Crippen molar-refractivity contribution in [2.24, 2.45) is 5.41 Å². The van der Waals surface area contributed by atoms with Crippen molar-refractivity contribution in [1.82, 2.24) is 0 Å². The summed E-state index contributed by atoms with van der Waals surface area (Å²) in [5.74, 6) is -0.809. The number of esters is 1. The maximum atomic E-state index is 14.3. The van der Waals surface area contributed by atoms with Crippen molar-refractivity contribution in [2.45, 2.75) is 41.0 Å². The Hall–Kier alpha value is -1.28. The first-order valence-corrected chi connectivity index (χ1v) is 10.2. The molecule has 0 aliphatic rings. The Labute approximate surface area is 171 Å². The summed E-state index contributed by atoms with van der Waals surface area (Å²) in [4.78, 5) is 26.5. The highest BCUT2D eigenvalue weighted by atomic mass is 127. The van der Waals surface area contributed by atoms with Gasteiger partial charge in [-0.3, -0.25) is 4.79 Å². The number of hydrogen-bond donors (Lipinski definition) is 0. The van der Waals surface area contributed by atoms with E-state index < -0.39 is 11.4 Å². The Morgan fingerprint density at radius 3 is 2.46 bits per heavy atom. The van der Waals surface area contributed by atoms with E-state index in [-0.39, 0.29) is 24.6 Å². The minimum atomic E-state index is -0.563. The van der Waals surface area contributed by atoms with Gasteiger partial charge in [0.25, 0.3) is 0 Å². The highest BCUT2D eigenvalue weighted by molar-refractivity contribution is 14.1. The van der Waals surface area contributed by atoms with E-state index >= 15 is 0 Å². The van der Waals surface area contributed by atoms with Gasteiger partial charge in [-0.05, 0) is 59.7 Å². The van der Waals surface area contributed by atoms with Crippen LogP contribution in [0.4, 0.5) is 4.39 Å². The molecule has 0 radical (unpaired) electrons. The van der Waals surface area contributed by atoms with Gasteiger partial charge in [0.05, 0.1) is 17.0 Å². The molecule has 0 saturated heterocycles. The third-order valence-corrected chi connectivity index (χ3v) is 5.91. The summed E-state index contributed by atoms with van der Waals surface area (Å²) in [6, 6.07) is 5.00. The van der Waals surface area contributed by atoms with Crippen LogP contribution in [-0.2, 0) is 11.2 Å². The highest BCUT2D eigenvalue weighted by Gasteiger charge is 2.31. The van der Waals surface area contributed by atoms with Crippen molar-refractivity contribution in [3.63, 3.8) is 0 Å². The maximum Gasteiger partial charge on any atom is 0.339 e. The molecule has 1 aromatic heterocycles. The van der Waals surface area contributed by atoms with E-state index in [1.165, 1.54) is 17.4 Å². The molecule has 0 fully saturated rings. The van der Waals surface area contributed by atoms with Gasteiger partial charge in [-0.15, -0.1) is 11.3 Å². The van der Waals surface area contributed by atoms with Crippen LogP contribution in [0.3, 0.4) is 0 Å². The zero-order valence-electron chi connectivity index (χ0n) is 15.5. The Bertz CT molecular complexity index is 849. The summed E-state index contributed by atoms with van der Waals surface area (Å²) < 4.78 is 20.3. The van der Waals surface area contributed by atoms with E-state index in [4.69, 9.17) is 4.74 Å². The van der Waals surface area contributed by atoms with Gasteiger partial charge in [0.15, 0.2) is 5.78 Å². The van der Waals surface area contributed by atoms with E-state index in [0.717, 1.165) is 3.57 Å². The minimum Gasteiger partial charge on any atom is -0.462 e. The third-order valence-electron chi connectivity index (χ3n) is 3.95. The van der Waals surface area contributed by atoms with Crippen LogP contribution in [0, 0.1) is 21.7 Å². The van der Waals surface area contributed by atoms with Gasteiger partial charge in [0.1, 0.15) is 5.82 Å². The van der Waals surface area contributed by atoms with Crippen molar-refractivity contribution in [3.05, 3.63) is 54.0 Å². The number of hydrogen-bond acceptors (Lipinski definition) is 4. The summed E-state index contributed by atoms with van der Waals surface area (Å²) in [5, 5.41) is 0. The van der Waals surface area contributed by atoms with Crippen LogP contribution < -0.4 is 0 Å². The lowest BCUT2D eigenvalue weighted by atomic mass is 9.88. The van der Waals surface area contributed by atoms with Crippen LogP contribution in [0.1, 0.15) is 63.7 Å². The van der Waals surface area contributed by atoms with Crippen LogP contribution in [-0.4, -0.2) is 18.4 Å². The monoisotopic (exact) mass is 488 g/mol. The SMILES string of the molecule is CCOC(=O)c1c(Cc2ccc(I)cc2F)sc(C(=O)C(C)(C)C)c1C. The third kappa shape index (κ3) is 4.52. The molecule has 1 aromatic carbocycles. The minimum absolute atomic E-state index is 0.0279. The van der Waals surface area contributed by atoms with Crippen LogP contribution in [0.5, 0.6) is 0 Å². The van der Waals surface area contributed by atoms with Crippen molar-refractivity contribution in [2.75, 3.05) is 6.61 Å². The van der Waals surface area contributed by atoms with Gasteiger partial charge >= 0.3 is 5.97 Å². The summed E-state index contributed by atoms with van der Waals surface area (Å²) in [7, 11) is 0. The first kappa shape index (κ1) is 21.0. The van der Waals surface area contributed by atoms with Gasteiger partial charge < -0.3 is 4.74 Å². The van der Waals surface area contributed by atoms with Crippen molar-refractivity contribution < 1.29 is 18.7 Å². The summed E-state index contributed by atoms with van der Waals surface area (Å²) >= 11 is 3.32. The number of carbonyl (C=O) groups excluding carboxylic acids is 2. The number of halogens is 2. The number of Topliss-reactive ketones (excluding diaryl/α,β-unsaturated/α-hetero) is 1. The second kappa shape index (κ2) is 8.17. The first-order valence-electron chi connectivity index (χ1n) is 8.34. The molecular formula is C20H22FIO3S. The molecule has 2 rings (SSSR count). The summed E-state index contributed by atoms with van der Waals surface area (Å²) in [6.45, 7) is 9.27. The van der Waals surface area contributed by atoms with E-state index in [1.807, 2.05) is 26.8 Å². The number of rotatable bonds is 5. The van der Waals surface area contributed by atoms with Crippen LogP contribution in [0.2, 0.25) is 0 Å². The topological polar surface area (TPSA) is 43.4 Å². The zero-order chi connectivity index (χ0) is 19.6. The van der Waals surface area contributed by atoms with Crippen LogP contribution >= 0.6 is 33.9 Å². The van der Waals surface area contributed by atoms with Crippen molar-refractivity contribution >= 4 is 45.7 Å². The molecule has 0 saturated carbocycles. The molecule has 0 N–H and O–H groups in total. The molecule has 0 atom stereocenters. The van der Waals surface area contributed by atoms with E-state index in [9.17, 15) is 14.0 Å². The van der Waals surface area contributed by atoms with Gasteiger partial charge in [-0.1, -0.05) is 26.8 Å². The largest absolute Gasteiger partial charge is 0.462 e. The normalized spacial score (nSPS) is 11.5. The quantitative estimate of drug-likeness (QED) is 0.304. The number of carbonyl (C=O) groups is 2. The lowest BCUT2D eigenvalue weighted by Gasteiger charge is -2.15. The molecule has 0 spiro atoms. The summed E-state index contributed by atoms with van der Waals surface area (Å²) in [6.07, 6.45) is 0.250. The van der Waals surface area contributed by atoms with Crippen LogP contribution in [0.15, 0.2) is 18.2 Å². The van der Waals surface area contributed by atoms with Crippen molar-refractivity contribution in [3.8, 4) is 0 Å². The Morgan fingerprint density at radius 1 is 1.27 bits per heavy atom. The number of benzene rings is 1. The molecular weight excluding hydrogens is 466 g/mol. The molecule has 0 aliphatic carbocycles. The molecule has 0 aliphatic heterocycles. The molecule has 0 amide bonds. The van der Waals surface area contributed by atoms with Crippen molar-refractivity contribution in [1.29, 1.82) is 0 Å². The molecule has 26 heavy (non-hydrogen) atoms. The Balaban J connectivity index is 2.56. The highest BCUT2D eigenvalue weighted by Crippen LogP contribution is 2.35. The first-order chi connectivity index (χ1) is 12.1. The molecule has 0 unspecified atom stereocenters. The Kier molecular flexibility index (Phi) is 6.60. The number of ketones is 1. The molecule has 3 nitrogen and oxygen atoms in total. The Morgan fingerprint density at radius 2 is 1.92 bits per heavy atom. The fraction of sp³-hybridized carbons (Fsp3) is 0.400. The van der Waals surface area contributed by atoms with Gasteiger partial charge in [-0.2, -0.15) is 0 Å². The molecule has 6 heteroatoms. The standard InChI is InChI=1S/C20H22FIO3S/c1-6-25-19(24)16-11(2)17(18(23)20(3,4)5)26-15(16)9-12-7-8-13(22)10-14(12)21/h7-8,10H,6,9H2,1-5H3. The lowest BCUT2D eigenvalue weighted by Crippen LogP contribution is -2.20. The van der Waals surface area contributed by atoms with Crippen LogP contribution in [0.25, 0.3) is 0 Å². The predicted octanol–water partition coefficient (Wildman–Crippen LogP) is 5.80. The molecule has 2 aromatic rings. The summed E-state index contributed by atoms with van der Waals surface area (Å²) in [5.41, 5.74) is 0.941. The van der Waals surface area contributed by atoms with E-state index in [1.54, 1.807) is 19.9 Å². The predicted molar refractivity (Wildman–Crippen MR) is 111 cm³/mol. The van der Waals surface area contributed by atoms with Gasteiger partial charge in [0, 0.05) is 20.3 Å². The smallest absolute Gasteiger partial charge is 0.339 e. The van der Waals surface area contributed by atoms with Gasteiger partial charge in [0.2, 0.25) is 0 Å². The average Bonchev–Trinajstić information content (AvgIpc) is 2.85. The second-order valence-electron chi connectivity index (χ2n) is 7.07.